The number of alkyl halides is 3. The first-order valence-corrected chi connectivity index (χ1v) is 10.8. The Kier molecular flexibility index (Phi) is 5.80. The maximum absolute atomic E-state index is 12.7. The van der Waals surface area contributed by atoms with Gasteiger partial charge in [0.25, 0.3) is 0 Å². The van der Waals surface area contributed by atoms with Crippen LogP contribution in [-0.2, 0) is 10.0 Å². The molecule has 8 heteroatoms. The van der Waals surface area contributed by atoms with E-state index in [-0.39, 0.29) is 11.3 Å². The fourth-order valence-corrected chi connectivity index (χ4v) is 8.85. The summed E-state index contributed by atoms with van der Waals surface area (Å²) < 4.78 is 64.4. The molecule has 0 bridgehead atoms. The van der Waals surface area contributed by atoms with Crippen molar-refractivity contribution in [2.45, 2.75) is 81.0 Å². The van der Waals surface area contributed by atoms with Gasteiger partial charge in [-0.3, -0.25) is 0 Å². The molecular weight excluding hydrogens is 322 g/mol. The molecule has 3 nitrogen and oxygen atoms in total. The van der Waals surface area contributed by atoms with Crippen molar-refractivity contribution in [2.24, 2.45) is 4.15 Å². The van der Waals surface area contributed by atoms with Crippen LogP contribution in [-0.4, -0.2) is 25.2 Å². The molecule has 0 aromatic carbocycles. The van der Waals surface area contributed by atoms with Gasteiger partial charge in [0.2, 0.25) is 0 Å². The molecule has 0 aromatic heterocycles. The summed E-state index contributed by atoms with van der Waals surface area (Å²) in [5, 5.41) is 0. The van der Waals surface area contributed by atoms with Crippen molar-refractivity contribution < 1.29 is 21.6 Å². The minimum absolute atomic E-state index is 0.101. The Morgan fingerprint density at radius 2 is 1.19 bits per heavy atom. The molecule has 21 heavy (non-hydrogen) atoms. The Labute approximate surface area is 125 Å². The summed E-state index contributed by atoms with van der Waals surface area (Å²) in [6.45, 7) is 0. The second-order valence-electron chi connectivity index (χ2n) is 6.11. The highest BCUT2D eigenvalue weighted by atomic mass is 32.2. The Bertz CT molecular complexity index is 458. The second-order valence-corrected chi connectivity index (χ2v) is 10.7. The van der Waals surface area contributed by atoms with E-state index in [4.69, 9.17) is 0 Å². The minimum atomic E-state index is -5.33. The van der Waals surface area contributed by atoms with Crippen molar-refractivity contribution in [3.63, 3.8) is 0 Å². The fourth-order valence-electron chi connectivity index (χ4n) is 3.47. The van der Waals surface area contributed by atoms with Gasteiger partial charge in [-0.25, -0.2) is 0 Å². The lowest BCUT2D eigenvalue weighted by atomic mass is 10.00. The lowest BCUT2D eigenvalue weighted by Gasteiger charge is -2.32. The number of sulfonamides is 1. The van der Waals surface area contributed by atoms with Gasteiger partial charge in [-0.1, -0.05) is 38.5 Å². The SMILES string of the molecule is O=S(=O)(N=[PH](C1CCCCC1)C1CCCCC1)C(F)(F)F. The van der Waals surface area contributed by atoms with Gasteiger partial charge in [0.05, 0.1) is 0 Å². The zero-order valence-corrected chi connectivity index (χ0v) is 13.8. The summed E-state index contributed by atoms with van der Waals surface area (Å²) in [6.07, 6.45) is 9.57. The van der Waals surface area contributed by atoms with Gasteiger partial charge in [-0.05, 0) is 44.7 Å². The molecule has 0 spiro atoms. The second kappa shape index (κ2) is 7.03. The normalized spacial score (nSPS) is 23.4. The largest absolute Gasteiger partial charge is 0.518 e. The highest BCUT2D eigenvalue weighted by molar-refractivity contribution is 7.93. The van der Waals surface area contributed by atoms with Crippen LogP contribution in [0, 0.1) is 0 Å². The monoisotopic (exact) mass is 345 g/mol. The van der Waals surface area contributed by atoms with E-state index in [9.17, 15) is 21.6 Å². The van der Waals surface area contributed by atoms with E-state index in [1.165, 1.54) is 0 Å². The molecule has 0 N–H and O–H groups in total. The molecule has 0 amide bonds. The molecule has 0 saturated heterocycles. The predicted octanol–water partition coefficient (Wildman–Crippen LogP) is 4.90. The predicted molar refractivity (Wildman–Crippen MR) is 79.5 cm³/mol. The summed E-state index contributed by atoms with van der Waals surface area (Å²) >= 11 is 0. The standard InChI is InChI=1S/C13H23F3NO2PS/c14-13(15,16)21(18,19)17-20(11-7-3-1-4-8-11)12-9-5-2-6-10-12/h11-12,20H,1-10H2. The third-order valence-electron chi connectivity index (χ3n) is 4.56. The zero-order valence-electron chi connectivity index (χ0n) is 12.0. The third kappa shape index (κ3) is 4.47. The minimum Gasteiger partial charge on any atom is -0.195 e. The molecule has 2 saturated carbocycles. The lowest BCUT2D eigenvalue weighted by molar-refractivity contribution is -0.0434. The average Bonchev–Trinajstić information content (AvgIpc) is 2.45. The Morgan fingerprint density at radius 3 is 1.52 bits per heavy atom. The number of nitrogens with zero attached hydrogens (tertiary/aromatic N) is 1. The van der Waals surface area contributed by atoms with Gasteiger partial charge in [-0.2, -0.15) is 25.7 Å². The van der Waals surface area contributed by atoms with Crippen molar-refractivity contribution in [3.8, 4) is 0 Å². The van der Waals surface area contributed by atoms with Gasteiger partial charge in [0.1, 0.15) is 0 Å². The van der Waals surface area contributed by atoms with Crippen LogP contribution in [0.1, 0.15) is 64.2 Å². The summed E-state index contributed by atoms with van der Waals surface area (Å²) in [7, 11) is -7.19. The van der Waals surface area contributed by atoms with Gasteiger partial charge < -0.3 is 0 Å². The first kappa shape index (κ1) is 17.3. The third-order valence-corrected chi connectivity index (χ3v) is 9.78. The quantitative estimate of drug-likeness (QED) is 0.683. The number of hydrogen-bond acceptors (Lipinski definition) is 2. The van der Waals surface area contributed by atoms with E-state index in [1.807, 2.05) is 0 Å². The zero-order chi connectivity index (χ0) is 15.5. The van der Waals surface area contributed by atoms with E-state index < -0.39 is 23.2 Å². The van der Waals surface area contributed by atoms with Crippen LogP contribution in [0.15, 0.2) is 4.15 Å². The first-order chi connectivity index (χ1) is 9.81. The van der Waals surface area contributed by atoms with Crippen LogP contribution in [0.25, 0.3) is 0 Å². The molecule has 2 aliphatic rings. The van der Waals surface area contributed by atoms with Crippen molar-refractivity contribution in [3.05, 3.63) is 0 Å². The Balaban J connectivity index is 2.30. The van der Waals surface area contributed by atoms with Crippen LogP contribution in [0.2, 0.25) is 0 Å². The number of rotatable bonds is 3. The molecular formula is C13H23F3NO2PS. The molecule has 0 aromatic rings. The van der Waals surface area contributed by atoms with E-state index in [2.05, 4.69) is 4.15 Å². The molecule has 124 valence electrons. The van der Waals surface area contributed by atoms with Crippen molar-refractivity contribution in [1.82, 2.24) is 0 Å². The average molecular weight is 345 g/mol. The van der Waals surface area contributed by atoms with Crippen molar-refractivity contribution >= 4 is 17.7 Å². The van der Waals surface area contributed by atoms with Crippen molar-refractivity contribution in [1.29, 1.82) is 0 Å². The van der Waals surface area contributed by atoms with Crippen LogP contribution in [0.5, 0.6) is 0 Å². The van der Waals surface area contributed by atoms with Crippen LogP contribution in [0.3, 0.4) is 0 Å². The Morgan fingerprint density at radius 1 is 0.810 bits per heavy atom. The molecule has 2 aliphatic carbocycles. The highest BCUT2D eigenvalue weighted by Crippen LogP contribution is 2.51. The van der Waals surface area contributed by atoms with Crippen LogP contribution < -0.4 is 0 Å². The molecule has 2 rings (SSSR count). The number of halogens is 3. The van der Waals surface area contributed by atoms with E-state index in [0.717, 1.165) is 64.2 Å². The summed E-state index contributed by atoms with van der Waals surface area (Å²) in [6, 6.07) is 0. The van der Waals surface area contributed by atoms with E-state index in [0.29, 0.717) is 0 Å². The van der Waals surface area contributed by atoms with Crippen molar-refractivity contribution in [2.75, 3.05) is 0 Å². The fraction of sp³-hybridized carbons (Fsp3) is 1.00. The van der Waals surface area contributed by atoms with E-state index >= 15 is 0 Å². The van der Waals surface area contributed by atoms with Crippen LogP contribution in [0.4, 0.5) is 13.2 Å². The van der Waals surface area contributed by atoms with E-state index in [1.54, 1.807) is 0 Å². The van der Waals surface area contributed by atoms with Gasteiger partial charge in [0.15, 0.2) is 0 Å². The molecule has 0 radical (unpaired) electrons. The van der Waals surface area contributed by atoms with Gasteiger partial charge >= 0.3 is 15.5 Å². The number of hydrogen-bond donors (Lipinski definition) is 0. The summed E-state index contributed by atoms with van der Waals surface area (Å²) in [5.41, 5.74) is -5.04. The smallest absolute Gasteiger partial charge is 0.195 e. The van der Waals surface area contributed by atoms with Gasteiger partial charge in [0, 0.05) is 0 Å². The van der Waals surface area contributed by atoms with Gasteiger partial charge in [-0.15, -0.1) is 0 Å². The summed E-state index contributed by atoms with van der Waals surface area (Å²) in [4.78, 5) is 0. The first-order valence-electron chi connectivity index (χ1n) is 7.72. The lowest BCUT2D eigenvalue weighted by Crippen LogP contribution is -2.23. The topological polar surface area (TPSA) is 46.5 Å². The maximum Gasteiger partial charge on any atom is 0.518 e. The maximum atomic E-state index is 12.7. The highest BCUT2D eigenvalue weighted by Gasteiger charge is 2.46. The molecule has 0 heterocycles. The molecule has 0 aliphatic heterocycles. The molecule has 2 fully saturated rings. The molecule has 0 unspecified atom stereocenters. The Hall–Kier alpha value is -0.0300. The summed E-state index contributed by atoms with van der Waals surface area (Å²) in [5.74, 6) is 0. The van der Waals surface area contributed by atoms with Crippen LogP contribution >= 0.6 is 7.71 Å². The molecule has 0 atom stereocenters.